The number of anilines is 2. The van der Waals surface area contributed by atoms with Crippen molar-refractivity contribution < 1.29 is 0 Å². The van der Waals surface area contributed by atoms with Crippen LogP contribution in [0.4, 0.5) is 11.4 Å². The molecule has 4 heteroatoms. The lowest BCUT2D eigenvalue weighted by atomic mass is 9.78. The van der Waals surface area contributed by atoms with Crippen molar-refractivity contribution in [2.24, 2.45) is 0 Å². The van der Waals surface area contributed by atoms with Crippen LogP contribution in [0.15, 0.2) is 42.5 Å². The number of hydrogen-bond donors (Lipinski definition) is 2. The Bertz CT molecular complexity index is 1060. The van der Waals surface area contributed by atoms with E-state index in [0.29, 0.717) is 33.7 Å². The van der Waals surface area contributed by atoms with Gasteiger partial charge in [0.1, 0.15) is 0 Å². The molecule has 0 fully saturated rings. The van der Waals surface area contributed by atoms with Gasteiger partial charge >= 0.3 is 0 Å². The van der Waals surface area contributed by atoms with E-state index in [1.165, 1.54) is 0 Å². The zero-order valence-electron chi connectivity index (χ0n) is 22.3. The average Bonchev–Trinajstić information content (AvgIpc) is 2.76. The van der Waals surface area contributed by atoms with Crippen molar-refractivity contribution in [2.45, 2.75) is 85.0 Å². The number of nitrogens with two attached hydrogens (primary N) is 2. The van der Waals surface area contributed by atoms with E-state index >= 15 is 0 Å². The molecule has 4 N–H and O–H groups in total. The highest BCUT2D eigenvalue weighted by molar-refractivity contribution is 6.36. The second-order valence-electron chi connectivity index (χ2n) is 10.9. The van der Waals surface area contributed by atoms with E-state index in [9.17, 15) is 0 Å². The molecule has 0 atom stereocenters. The Hall–Kier alpha value is -2.16. The summed E-state index contributed by atoms with van der Waals surface area (Å²) in [5.41, 5.74) is 22.9. The molecule has 0 amide bonds. The molecule has 0 aliphatic heterocycles. The smallest absolute Gasteiger partial charge is 0.0462 e. The first-order chi connectivity index (χ1) is 16.3. The van der Waals surface area contributed by atoms with Crippen molar-refractivity contribution in [3.8, 4) is 0 Å². The van der Waals surface area contributed by atoms with E-state index in [1.54, 1.807) is 0 Å². The van der Waals surface area contributed by atoms with Crippen LogP contribution in [0.2, 0.25) is 10.0 Å². The van der Waals surface area contributed by atoms with E-state index in [4.69, 9.17) is 34.7 Å². The lowest BCUT2D eigenvalue weighted by molar-refractivity contribution is 0.817. The van der Waals surface area contributed by atoms with Gasteiger partial charge in [-0.3, -0.25) is 0 Å². The van der Waals surface area contributed by atoms with Crippen molar-refractivity contribution >= 4 is 34.6 Å². The lowest BCUT2D eigenvalue weighted by Crippen LogP contribution is -2.12. The van der Waals surface area contributed by atoms with E-state index in [0.717, 1.165) is 50.3 Å². The van der Waals surface area contributed by atoms with Gasteiger partial charge in [0.15, 0.2) is 0 Å². The summed E-state index contributed by atoms with van der Waals surface area (Å²) in [5.74, 6) is 1.01. The predicted octanol–water partition coefficient (Wildman–Crippen LogP) is 9.83. The van der Waals surface area contributed by atoms with Crippen LogP contribution in [0, 0.1) is 0 Å². The summed E-state index contributed by atoms with van der Waals surface area (Å²) in [6.07, 6.45) is 0. The minimum absolute atomic E-state index is 0.151. The fourth-order valence-electron chi connectivity index (χ4n) is 5.00. The summed E-state index contributed by atoms with van der Waals surface area (Å²) < 4.78 is 0. The van der Waals surface area contributed by atoms with Crippen LogP contribution in [0.3, 0.4) is 0 Å². The average molecular weight is 512 g/mol. The van der Waals surface area contributed by atoms with Gasteiger partial charge in [-0.1, -0.05) is 109 Å². The summed E-state index contributed by atoms with van der Waals surface area (Å²) in [7, 11) is 0. The molecule has 0 aliphatic rings. The maximum Gasteiger partial charge on any atom is 0.0462 e. The van der Waals surface area contributed by atoms with Crippen LogP contribution in [0.25, 0.3) is 0 Å². The Morgan fingerprint density at radius 1 is 0.543 bits per heavy atom. The van der Waals surface area contributed by atoms with E-state index in [1.807, 2.05) is 18.2 Å². The molecule has 0 saturated carbocycles. The molecular weight excluding hydrogens is 471 g/mol. The Balaban J connectivity index is 2.47. The number of nitrogen functional groups attached to an aromatic ring is 2. The largest absolute Gasteiger partial charge is 0.398 e. The molecule has 0 spiro atoms. The van der Waals surface area contributed by atoms with Gasteiger partial charge in [-0.25, -0.2) is 0 Å². The first-order valence-corrected chi connectivity index (χ1v) is 13.4. The van der Waals surface area contributed by atoms with Crippen LogP contribution in [0.1, 0.15) is 124 Å². The molecule has 0 aliphatic carbocycles. The zero-order valence-corrected chi connectivity index (χ0v) is 23.9. The fraction of sp³-hybridized carbons (Fsp3) is 0.419. The second kappa shape index (κ2) is 10.8. The molecule has 2 nitrogen and oxygen atoms in total. The van der Waals surface area contributed by atoms with Crippen LogP contribution >= 0.6 is 23.2 Å². The van der Waals surface area contributed by atoms with Gasteiger partial charge in [-0.2, -0.15) is 0 Å². The fourth-order valence-corrected chi connectivity index (χ4v) is 5.62. The van der Waals surface area contributed by atoms with Gasteiger partial charge in [0, 0.05) is 32.9 Å². The molecule has 0 aromatic heterocycles. The van der Waals surface area contributed by atoms with E-state index < -0.39 is 0 Å². The Morgan fingerprint density at radius 2 is 0.829 bits per heavy atom. The summed E-state index contributed by atoms with van der Waals surface area (Å²) in [5, 5.41) is 1.32. The van der Waals surface area contributed by atoms with Crippen molar-refractivity contribution in [3.05, 3.63) is 91.5 Å². The third-order valence-electron chi connectivity index (χ3n) is 6.98. The molecule has 0 saturated heterocycles. The third-order valence-corrected chi connectivity index (χ3v) is 7.63. The first-order valence-electron chi connectivity index (χ1n) is 12.6. The maximum atomic E-state index is 6.86. The van der Waals surface area contributed by atoms with Crippen LogP contribution < -0.4 is 11.5 Å². The summed E-state index contributed by atoms with van der Waals surface area (Å²) in [4.78, 5) is 0. The molecule has 3 aromatic carbocycles. The maximum absolute atomic E-state index is 6.86. The van der Waals surface area contributed by atoms with Gasteiger partial charge in [-0.15, -0.1) is 0 Å². The topological polar surface area (TPSA) is 52.0 Å². The highest BCUT2D eigenvalue weighted by atomic mass is 35.5. The standard InChI is InChI=1S/C31H40Cl2N2/c1-16(2)22-12-20(13-23(17(3)4)30(22)34)28(29-26(32)10-9-11-27(29)33)21-14-24(18(5)6)31(35)25(15-21)19(7)8/h9-19,28H,34-35H2,1-8H3. The minimum atomic E-state index is -0.151. The van der Waals surface area contributed by atoms with Crippen LogP contribution in [-0.2, 0) is 0 Å². The zero-order chi connectivity index (χ0) is 26.2. The highest BCUT2D eigenvalue weighted by Crippen LogP contribution is 2.45. The molecule has 0 radical (unpaired) electrons. The van der Waals surface area contributed by atoms with Gasteiger partial charge in [0.2, 0.25) is 0 Å². The monoisotopic (exact) mass is 510 g/mol. The van der Waals surface area contributed by atoms with Crippen molar-refractivity contribution in [1.29, 1.82) is 0 Å². The van der Waals surface area contributed by atoms with Crippen molar-refractivity contribution in [1.82, 2.24) is 0 Å². The number of halogens is 2. The first kappa shape index (κ1) is 27.4. The molecule has 0 heterocycles. The Morgan fingerprint density at radius 3 is 1.09 bits per heavy atom. The quantitative estimate of drug-likeness (QED) is 0.245. The Labute approximate surface area is 222 Å². The van der Waals surface area contributed by atoms with E-state index in [-0.39, 0.29) is 5.92 Å². The predicted molar refractivity (Wildman–Crippen MR) is 155 cm³/mol. The van der Waals surface area contributed by atoms with Gasteiger partial charge in [-0.05, 0) is 69.2 Å². The van der Waals surface area contributed by atoms with Crippen molar-refractivity contribution in [3.63, 3.8) is 0 Å². The molecule has 35 heavy (non-hydrogen) atoms. The van der Waals surface area contributed by atoms with Gasteiger partial charge in [0.05, 0.1) is 0 Å². The minimum Gasteiger partial charge on any atom is -0.398 e. The molecule has 3 rings (SSSR count). The third kappa shape index (κ3) is 5.49. The second-order valence-corrected chi connectivity index (χ2v) is 11.7. The molecular formula is C31H40Cl2N2. The number of hydrogen-bond acceptors (Lipinski definition) is 2. The number of rotatable bonds is 7. The SMILES string of the molecule is CC(C)c1cc(C(c2cc(C(C)C)c(N)c(C(C)C)c2)c2c(Cl)cccc2Cl)cc(C(C)C)c1N. The van der Waals surface area contributed by atoms with Crippen LogP contribution in [0.5, 0.6) is 0 Å². The molecule has 188 valence electrons. The molecule has 3 aromatic rings. The lowest BCUT2D eigenvalue weighted by Gasteiger charge is -2.28. The molecule has 0 unspecified atom stereocenters. The summed E-state index contributed by atoms with van der Waals surface area (Å²) >= 11 is 13.7. The summed E-state index contributed by atoms with van der Waals surface area (Å²) in [6, 6.07) is 14.7. The van der Waals surface area contributed by atoms with E-state index in [2.05, 4.69) is 79.7 Å². The summed E-state index contributed by atoms with van der Waals surface area (Å²) in [6.45, 7) is 17.5. The highest BCUT2D eigenvalue weighted by Gasteiger charge is 2.27. The van der Waals surface area contributed by atoms with Crippen LogP contribution in [-0.4, -0.2) is 0 Å². The molecule has 0 bridgehead atoms. The van der Waals surface area contributed by atoms with Gasteiger partial charge in [0.25, 0.3) is 0 Å². The van der Waals surface area contributed by atoms with Crippen molar-refractivity contribution in [2.75, 3.05) is 11.5 Å². The van der Waals surface area contributed by atoms with Gasteiger partial charge < -0.3 is 11.5 Å². The number of benzene rings is 3. The normalized spacial score (nSPS) is 12.1. The Kier molecular flexibility index (Phi) is 8.50.